The van der Waals surface area contributed by atoms with Crippen LogP contribution in [-0.4, -0.2) is 6.54 Å². The Bertz CT molecular complexity index is 97.3. The van der Waals surface area contributed by atoms with Crippen LogP contribution in [0.3, 0.4) is 0 Å². The molecule has 1 nitrogen and oxygen atoms in total. The highest BCUT2D eigenvalue weighted by atomic mass is 14.6. The molecule has 0 aromatic heterocycles. The Morgan fingerprint density at radius 1 is 1.17 bits per heavy atom. The van der Waals surface area contributed by atoms with Crippen molar-refractivity contribution < 1.29 is 0 Å². The van der Waals surface area contributed by atoms with E-state index in [9.17, 15) is 0 Å². The van der Waals surface area contributed by atoms with Crippen LogP contribution in [0.2, 0.25) is 0 Å². The first-order valence-electron chi connectivity index (χ1n) is 5.36. The van der Waals surface area contributed by atoms with E-state index >= 15 is 0 Å². The van der Waals surface area contributed by atoms with E-state index in [1.54, 1.807) is 0 Å². The Labute approximate surface area is 77.7 Å². The molecule has 1 heteroatoms. The lowest BCUT2D eigenvalue weighted by molar-refractivity contribution is 0.156. The molecule has 0 amide bonds. The van der Waals surface area contributed by atoms with Crippen LogP contribution in [0.1, 0.15) is 53.4 Å². The van der Waals surface area contributed by atoms with Gasteiger partial charge in [-0.25, -0.2) is 0 Å². The maximum absolute atomic E-state index is 5.86. The lowest BCUT2D eigenvalue weighted by Crippen LogP contribution is -2.35. The third kappa shape index (κ3) is 2.48. The highest BCUT2D eigenvalue weighted by molar-refractivity contribution is 4.82. The van der Waals surface area contributed by atoms with Crippen molar-refractivity contribution in [2.75, 3.05) is 6.54 Å². The van der Waals surface area contributed by atoms with E-state index in [0.717, 1.165) is 12.5 Å². The number of hydrogen-bond acceptors (Lipinski definition) is 1. The van der Waals surface area contributed by atoms with Crippen molar-refractivity contribution in [3.05, 3.63) is 0 Å². The average molecular weight is 171 g/mol. The van der Waals surface area contributed by atoms with Gasteiger partial charge in [0.15, 0.2) is 0 Å². The molecule has 1 unspecified atom stereocenters. The first-order chi connectivity index (χ1) is 5.66. The smallest absolute Gasteiger partial charge is 0.00182 e. The third-order valence-corrected chi connectivity index (χ3v) is 3.58. The van der Waals surface area contributed by atoms with E-state index in [1.165, 1.54) is 25.7 Å². The van der Waals surface area contributed by atoms with Crippen LogP contribution in [0, 0.1) is 11.3 Å². The Hall–Kier alpha value is -0.0400. The van der Waals surface area contributed by atoms with Crippen LogP contribution in [0.15, 0.2) is 0 Å². The monoisotopic (exact) mass is 171 g/mol. The average Bonchev–Trinajstić information content (AvgIpc) is 2.09. The Morgan fingerprint density at radius 3 is 1.92 bits per heavy atom. The summed E-state index contributed by atoms with van der Waals surface area (Å²) in [6.45, 7) is 9.98. The van der Waals surface area contributed by atoms with Gasteiger partial charge in [0, 0.05) is 0 Å². The Balaban J connectivity index is 4.24. The van der Waals surface area contributed by atoms with Crippen molar-refractivity contribution in [1.29, 1.82) is 0 Å². The molecule has 0 spiro atoms. The molecule has 0 saturated heterocycles. The van der Waals surface area contributed by atoms with Crippen LogP contribution in [0.25, 0.3) is 0 Å². The van der Waals surface area contributed by atoms with E-state index in [-0.39, 0.29) is 0 Å². The van der Waals surface area contributed by atoms with Gasteiger partial charge in [0.25, 0.3) is 0 Å². The summed E-state index contributed by atoms with van der Waals surface area (Å²) in [5, 5.41) is 0. The summed E-state index contributed by atoms with van der Waals surface area (Å²) in [7, 11) is 0. The largest absolute Gasteiger partial charge is 0.330 e. The van der Waals surface area contributed by atoms with E-state index in [4.69, 9.17) is 5.73 Å². The van der Waals surface area contributed by atoms with E-state index in [1.807, 2.05) is 0 Å². The summed E-state index contributed by atoms with van der Waals surface area (Å²) in [5.41, 5.74) is 6.27. The fourth-order valence-corrected chi connectivity index (χ4v) is 2.18. The summed E-state index contributed by atoms with van der Waals surface area (Å²) in [5.74, 6) is 0.780. The van der Waals surface area contributed by atoms with Crippen LogP contribution >= 0.6 is 0 Å². The summed E-state index contributed by atoms with van der Waals surface area (Å²) >= 11 is 0. The fraction of sp³-hybridized carbons (Fsp3) is 1.00. The topological polar surface area (TPSA) is 26.0 Å². The summed E-state index contributed by atoms with van der Waals surface area (Å²) in [4.78, 5) is 0. The first kappa shape index (κ1) is 12.0. The zero-order valence-electron chi connectivity index (χ0n) is 9.19. The van der Waals surface area contributed by atoms with Gasteiger partial charge in [-0.1, -0.05) is 40.5 Å². The van der Waals surface area contributed by atoms with E-state index in [2.05, 4.69) is 27.7 Å². The number of nitrogens with two attached hydrogens (primary N) is 1. The third-order valence-electron chi connectivity index (χ3n) is 3.58. The van der Waals surface area contributed by atoms with Crippen molar-refractivity contribution in [3.8, 4) is 0 Å². The minimum Gasteiger partial charge on any atom is -0.330 e. The molecule has 0 aliphatic heterocycles. The predicted octanol–water partition coefficient (Wildman–Crippen LogP) is 3.19. The number of rotatable bonds is 6. The van der Waals surface area contributed by atoms with Crippen LogP contribution < -0.4 is 5.73 Å². The van der Waals surface area contributed by atoms with Gasteiger partial charge in [-0.05, 0) is 30.7 Å². The highest BCUT2D eigenvalue weighted by Crippen LogP contribution is 2.36. The highest BCUT2D eigenvalue weighted by Gasteiger charge is 2.30. The zero-order chi connectivity index (χ0) is 9.61. The van der Waals surface area contributed by atoms with Crippen LogP contribution in [0.5, 0.6) is 0 Å². The lowest BCUT2D eigenvalue weighted by Gasteiger charge is -2.36. The molecular weight excluding hydrogens is 146 g/mol. The molecule has 0 bridgehead atoms. The van der Waals surface area contributed by atoms with Crippen molar-refractivity contribution in [3.63, 3.8) is 0 Å². The normalized spacial score (nSPS) is 14.8. The van der Waals surface area contributed by atoms with Gasteiger partial charge in [0.05, 0.1) is 0 Å². The molecule has 0 rings (SSSR count). The Kier molecular flexibility index (Phi) is 5.56. The van der Waals surface area contributed by atoms with Gasteiger partial charge in [-0.2, -0.15) is 0 Å². The second-order valence-electron chi connectivity index (χ2n) is 3.96. The molecule has 0 saturated carbocycles. The standard InChI is InChI=1S/C11H25N/c1-5-8-10(4)11(6-2,7-3)9-12/h10H,5-9,12H2,1-4H3. The molecule has 0 radical (unpaired) electrons. The van der Waals surface area contributed by atoms with Crippen LogP contribution in [-0.2, 0) is 0 Å². The van der Waals surface area contributed by atoms with Crippen LogP contribution in [0.4, 0.5) is 0 Å². The van der Waals surface area contributed by atoms with Gasteiger partial charge in [-0.3, -0.25) is 0 Å². The minimum absolute atomic E-state index is 0.413. The molecule has 0 aromatic carbocycles. The SMILES string of the molecule is CCCC(C)C(CC)(CC)CN. The predicted molar refractivity (Wildman–Crippen MR) is 56.1 cm³/mol. The summed E-state index contributed by atoms with van der Waals surface area (Å²) in [6.07, 6.45) is 5.05. The molecule has 0 heterocycles. The molecule has 74 valence electrons. The lowest BCUT2D eigenvalue weighted by atomic mass is 9.70. The molecule has 12 heavy (non-hydrogen) atoms. The second kappa shape index (κ2) is 5.58. The Morgan fingerprint density at radius 2 is 1.67 bits per heavy atom. The maximum atomic E-state index is 5.86. The molecule has 1 atom stereocenters. The number of hydrogen-bond donors (Lipinski definition) is 1. The maximum Gasteiger partial charge on any atom is -0.00182 e. The van der Waals surface area contributed by atoms with Gasteiger partial charge in [-0.15, -0.1) is 0 Å². The molecule has 0 aliphatic carbocycles. The quantitative estimate of drug-likeness (QED) is 0.652. The van der Waals surface area contributed by atoms with Gasteiger partial charge in [0.2, 0.25) is 0 Å². The van der Waals surface area contributed by atoms with E-state index in [0.29, 0.717) is 5.41 Å². The molecule has 0 aliphatic rings. The summed E-state index contributed by atoms with van der Waals surface area (Å²) in [6, 6.07) is 0. The van der Waals surface area contributed by atoms with Crippen molar-refractivity contribution >= 4 is 0 Å². The first-order valence-corrected chi connectivity index (χ1v) is 5.36. The van der Waals surface area contributed by atoms with Gasteiger partial charge in [0.1, 0.15) is 0 Å². The van der Waals surface area contributed by atoms with Gasteiger partial charge < -0.3 is 5.73 Å². The van der Waals surface area contributed by atoms with E-state index < -0.39 is 0 Å². The van der Waals surface area contributed by atoms with Gasteiger partial charge >= 0.3 is 0 Å². The molecule has 0 aromatic rings. The summed E-state index contributed by atoms with van der Waals surface area (Å²) < 4.78 is 0. The minimum atomic E-state index is 0.413. The van der Waals surface area contributed by atoms with Crippen molar-refractivity contribution in [2.45, 2.75) is 53.4 Å². The molecule has 0 fully saturated rings. The molecular formula is C11H25N. The second-order valence-corrected chi connectivity index (χ2v) is 3.96. The van der Waals surface area contributed by atoms with Crippen molar-refractivity contribution in [1.82, 2.24) is 0 Å². The fourth-order valence-electron chi connectivity index (χ4n) is 2.18. The molecule has 2 N–H and O–H groups in total. The zero-order valence-corrected chi connectivity index (χ0v) is 9.19. The van der Waals surface area contributed by atoms with Crippen molar-refractivity contribution in [2.24, 2.45) is 17.1 Å².